The Morgan fingerprint density at radius 1 is 1.14 bits per heavy atom. The molecule has 0 saturated carbocycles. The van der Waals surface area contributed by atoms with E-state index in [0.717, 1.165) is 54.7 Å². The summed E-state index contributed by atoms with van der Waals surface area (Å²) in [4.78, 5) is 0. The van der Waals surface area contributed by atoms with E-state index in [1.54, 1.807) is 7.11 Å². The first-order chi connectivity index (χ1) is 10.2. The van der Waals surface area contributed by atoms with Gasteiger partial charge < -0.3 is 14.5 Å². The Bertz CT molecular complexity index is 574. The predicted octanol–water partition coefficient (Wildman–Crippen LogP) is 4.84. The number of methoxy groups -OCH3 is 1. The van der Waals surface area contributed by atoms with Crippen LogP contribution in [0.5, 0.6) is 5.75 Å². The molecule has 0 radical (unpaired) electrons. The molecule has 1 atom stereocenters. The van der Waals surface area contributed by atoms with Gasteiger partial charge in [0.15, 0.2) is 11.3 Å². The van der Waals surface area contributed by atoms with Gasteiger partial charge in [0.05, 0.1) is 13.2 Å². The third-order valence-corrected chi connectivity index (χ3v) is 3.85. The van der Waals surface area contributed by atoms with Crippen molar-refractivity contribution in [2.45, 2.75) is 52.5 Å². The third kappa shape index (κ3) is 3.59. The average molecular weight is 289 g/mol. The van der Waals surface area contributed by atoms with E-state index in [2.05, 4.69) is 44.3 Å². The van der Waals surface area contributed by atoms with Gasteiger partial charge in [0.1, 0.15) is 5.76 Å². The van der Waals surface area contributed by atoms with Gasteiger partial charge in [0.2, 0.25) is 0 Å². The van der Waals surface area contributed by atoms with Crippen LogP contribution >= 0.6 is 0 Å². The Morgan fingerprint density at radius 2 is 1.95 bits per heavy atom. The van der Waals surface area contributed by atoms with Gasteiger partial charge in [0.25, 0.3) is 0 Å². The molecular weight excluding hydrogens is 262 g/mol. The van der Waals surface area contributed by atoms with Gasteiger partial charge >= 0.3 is 0 Å². The summed E-state index contributed by atoms with van der Waals surface area (Å²) in [7, 11) is 1.70. The predicted molar refractivity (Wildman–Crippen MR) is 88.1 cm³/mol. The Balaban J connectivity index is 2.39. The van der Waals surface area contributed by atoms with E-state index >= 15 is 0 Å². The molecule has 0 spiro atoms. The van der Waals surface area contributed by atoms with Crippen molar-refractivity contribution in [3.05, 3.63) is 29.5 Å². The summed E-state index contributed by atoms with van der Waals surface area (Å²) < 4.78 is 11.6. The number of ether oxygens (including phenoxy) is 1. The molecule has 0 aliphatic carbocycles. The summed E-state index contributed by atoms with van der Waals surface area (Å²) in [5.41, 5.74) is 2.14. The Morgan fingerprint density at radius 3 is 2.57 bits per heavy atom. The van der Waals surface area contributed by atoms with E-state index in [-0.39, 0.29) is 6.04 Å². The van der Waals surface area contributed by atoms with Gasteiger partial charge in [-0.3, -0.25) is 0 Å². The molecule has 3 heteroatoms. The zero-order valence-electron chi connectivity index (χ0n) is 13.7. The molecule has 21 heavy (non-hydrogen) atoms. The van der Waals surface area contributed by atoms with Crippen molar-refractivity contribution in [2.75, 3.05) is 13.7 Å². The van der Waals surface area contributed by atoms with Crippen molar-refractivity contribution in [3.63, 3.8) is 0 Å². The molecular formula is C18H27NO2. The monoisotopic (exact) mass is 289 g/mol. The quantitative estimate of drug-likeness (QED) is 0.754. The first-order valence-electron chi connectivity index (χ1n) is 8.07. The molecule has 0 aliphatic rings. The van der Waals surface area contributed by atoms with E-state index < -0.39 is 0 Å². The lowest BCUT2D eigenvalue weighted by molar-refractivity contribution is 0.386. The molecule has 0 aliphatic heterocycles. The first-order valence-corrected chi connectivity index (χ1v) is 8.07. The van der Waals surface area contributed by atoms with Gasteiger partial charge in [-0.2, -0.15) is 0 Å². The minimum absolute atomic E-state index is 0.289. The minimum Gasteiger partial charge on any atom is -0.493 e. The SMILES string of the molecule is CCCNC(CCC)c1cc2cc(CC)cc(OC)c2o1. The highest BCUT2D eigenvalue weighted by Crippen LogP contribution is 2.33. The van der Waals surface area contributed by atoms with Crippen LogP contribution in [-0.4, -0.2) is 13.7 Å². The fourth-order valence-corrected chi connectivity index (χ4v) is 2.68. The fourth-order valence-electron chi connectivity index (χ4n) is 2.68. The lowest BCUT2D eigenvalue weighted by atomic mass is 10.1. The number of benzene rings is 1. The summed E-state index contributed by atoms with van der Waals surface area (Å²) in [6, 6.07) is 6.73. The molecule has 2 aromatic rings. The summed E-state index contributed by atoms with van der Waals surface area (Å²) in [5, 5.41) is 4.72. The van der Waals surface area contributed by atoms with Crippen LogP contribution < -0.4 is 10.1 Å². The van der Waals surface area contributed by atoms with E-state index in [4.69, 9.17) is 9.15 Å². The van der Waals surface area contributed by atoms with E-state index in [9.17, 15) is 0 Å². The Kier molecular flexibility index (Phi) is 5.68. The van der Waals surface area contributed by atoms with Crippen molar-refractivity contribution in [1.82, 2.24) is 5.32 Å². The zero-order valence-corrected chi connectivity index (χ0v) is 13.7. The topological polar surface area (TPSA) is 34.4 Å². The second kappa shape index (κ2) is 7.51. The van der Waals surface area contributed by atoms with E-state index in [1.807, 2.05) is 0 Å². The molecule has 116 valence electrons. The van der Waals surface area contributed by atoms with Gasteiger partial charge in [-0.05, 0) is 49.6 Å². The van der Waals surface area contributed by atoms with Crippen LogP contribution in [-0.2, 0) is 6.42 Å². The van der Waals surface area contributed by atoms with Gasteiger partial charge in [-0.1, -0.05) is 27.2 Å². The summed E-state index contributed by atoms with van der Waals surface area (Å²) >= 11 is 0. The first kappa shape index (κ1) is 15.9. The maximum absolute atomic E-state index is 6.11. The fraction of sp³-hybridized carbons (Fsp3) is 0.556. The lowest BCUT2D eigenvalue weighted by Gasteiger charge is -2.14. The highest BCUT2D eigenvalue weighted by molar-refractivity contribution is 5.84. The van der Waals surface area contributed by atoms with Crippen LogP contribution in [0.2, 0.25) is 0 Å². The molecule has 0 saturated heterocycles. The molecule has 1 heterocycles. The standard InChI is InChI=1S/C18H27NO2/c1-5-8-15(19-9-6-2)16-12-14-10-13(7-3)11-17(20-4)18(14)21-16/h10-12,15,19H,5-9H2,1-4H3. The van der Waals surface area contributed by atoms with Crippen molar-refractivity contribution in [2.24, 2.45) is 0 Å². The second-order valence-corrected chi connectivity index (χ2v) is 5.51. The van der Waals surface area contributed by atoms with Crippen molar-refractivity contribution >= 4 is 11.0 Å². The summed E-state index contributed by atoms with van der Waals surface area (Å²) in [6.07, 6.45) is 4.35. The van der Waals surface area contributed by atoms with Crippen LogP contribution in [0.15, 0.2) is 22.6 Å². The molecule has 0 amide bonds. The largest absolute Gasteiger partial charge is 0.493 e. The Hall–Kier alpha value is -1.48. The summed E-state index contributed by atoms with van der Waals surface area (Å²) in [6.45, 7) is 7.56. The third-order valence-electron chi connectivity index (χ3n) is 3.85. The van der Waals surface area contributed by atoms with Crippen LogP contribution in [0.25, 0.3) is 11.0 Å². The average Bonchev–Trinajstić information content (AvgIpc) is 2.94. The molecule has 0 bridgehead atoms. The number of nitrogens with one attached hydrogen (secondary N) is 1. The molecule has 0 fully saturated rings. The maximum Gasteiger partial charge on any atom is 0.176 e. The number of hydrogen-bond acceptors (Lipinski definition) is 3. The van der Waals surface area contributed by atoms with E-state index in [0.29, 0.717) is 0 Å². The molecule has 2 rings (SSSR count). The van der Waals surface area contributed by atoms with Crippen LogP contribution in [0.3, 0.4) is 0 Å². The van der Waals surface area contributed by atoms with Crippen molar-refractivity contribution in [3.8, 4) is 5.75 Å². The smallest absolute Gasteiger partial charge is 0.176 e. The van der Waals surface area contributed by atoms with Gasteiger partial charge in [-0.15, -0.1) is 0 Å². The molecule has 1 N–H and O–H groups in total. The zero-order chi connectivity index (χ0) is 15.2. The minimum atomic E-state index is 0.289. The summed E-state index contributed by atoms with van der Waals surface area (Å²) in [5.74, 6) is 1.85. The molecule has 1 aromatic carbocycles. The highest BCUT2D eigenvalue weighted by Gasteiger charge is 2.17. The number of furan rings is 1. The number of aryl methyl sites for hydroxylation is 1. The van der Waals surface area contributed by atoms with Gasteiger partial charge in [-0.25, -0.2) is 0 Å². The molecule has 3 nitrogen and oxygen atoms in total. The van der Waals surface area contributed by atoms with E-state index in [1.165, 1.54) is 5.56 Å². The second-order valence-electron chi connectivity index (χ2n) is 5.51. The van der Waals surface area contributed by atoms with Crippen molar-refractivity contribution in [1.29, 1.82) is 0 Å². The normalized spacial score (nSPS) is 12.8. The Labute approximate surface area is 127 Å². The van der Waals surface area contributed by atoms with Gasteiger partial charge in [0, 0.05) is 5.39 Å². The van der Waals surface area contributed by atoms with Crippen LogP contribution in [0.1, 0.15) is 57.4 Å². The maximum atomic E-state index is 6.11. The molecule has 1 aromatic heterocycles. The van der Waals surface area contributed by atoms with Crippen molar-refractivity contribution < 1.29 is 9.15 Å². The number of fused-ring (bicyclic) bond motifs is 1. The molecule has 1 unspecified atom stereocenters. The number of hydrogen-bond donors (Lipinski definition) is 1. The van der Waals surface area contributed by atoms with Crippen LogP contribution in [0, 0.1) is 0 Å². The number of rotatable bonds is 8. The lowest BCUT2D eigenvalue weighted by Crippen LogP contribution is -2.21. The highest BCUT2D eigenvalue weighted by atomic mass is 16.5. The van der Waals surface area contributed by atoms with Crippen LogP contribution in [0.4, 0.5) is 0 Å².